The molecule has 0 radical (unpaired) electrons. The average Bonchev–Trinajstić information content (AvgIpc) is 2.84. The monoisotopic (exact) mass is 268 g/mol. The summed E-state index contributed by atoms with van der Waals surface area (Å²) in [5.41, 5.74) is 9.76. The van der Waals surface area contributed by atoms with Gasteiger partial charge in [0.05, 0.1) is 15.2 Å². The van der Waals surface area contributed by atoms with Gasteiger partial charge in [0, 0.05) is 12.5 Å². The molecule has 1 heterocycles. The van der Waals surface area contributed by atoms with Crippen molar-refractivity contribution in [2.45, 2.75) is 19.4 Å². The molecule has 0 fully saturated rings. The molecule has 0 bridgehead atoms. The van der Waals surface area contributed by atoms with E-state index >= 15 is 0 Å². The van der Waals surface area contributed by atoms with Crippen LogP contribution in [0.2, 0.25) is 0 Å². The van der Waals surface area contributed by atoms with E-state index in [0.717, 1.165) is 16.9 Å². The van der Waals surface area contributed by atoms with E-state index in [-0.39, 0.29) is 6.04 Å². The molecule has 0 spiro atoms. The Labute approximate surface area is 116 Å². The summed E-state index contributed by atoms with van der Waals surface area (Å²) in [6, 6.07) is 16.5. The number of benzene rings is 2. The summed E-state index contributed by atoms with van der Waals surface area (Å²) in [5, 5.41) is 1.11. The molecule has 19 heavy (non-hydrogen) atoms. The van der Waals surface area contributed by atoms with Crippen LogP contribution in [0, 0.1) is 6.92 Å². The molecule has 0 saturated heterocycles. The van der Waals surface area contributed by atoms with Crippen LogP contribution in [-0.2, 0) is 6.42 Å². The molecule has 3 aromatic rings. The van der Waals surface area contributed by atoms with Crippen molar-refractivity contribution in [2.75, 3.05) is 0 Å². The zero-order valence-corrected chi connectivity index (χ0v) is 11.7. The highest BCUT2D eigenvalue weighted by Gasteiger charge is 2.11. The highest BCUT2D eigenvalue weighted by Crippen LogP contribution is 2.27. The van der Waals surface area contributed by atoms with E-state index in [1.807, 2.05) is 18.2 Å². The molecule has 0 aliphatic heterocycles. The predicted octanol–water partition coefficient (Wildman–Crippen LogP) is 3.85. The Balaban J connectivity index is 1.88. The molecule has 2 N–H and O–H groups in total. The van der Waals surface area contributed by atoms with E-state index in [4.69, 9.17) is 10.7 Å². The summed E-state index contributed by atoms with van der Waals surface area (Å²) in [6.45, 7) is 2.10. The van der Waals surface area contributed by atoms with E-state index in [9.17, 15) is 0 Å². The Morgan fingerprint density at radius 1 is 1.11 bits per heavy atom. The molecular formula is C16H16N2S. The molecule has 1 atom stereocenters. The van der Waals surface area contributed by atoms with Crippen LogP contribution in [0.5, 0.6) is 0 Å². The number of rotatable bonds is 3. The first-order valence-electron chi connectivity index (χ1n) is 6.39. The maximum absolute atomic E-state index is 6.25. The van der Waals surface area contributed by atoms with Crippen molar-refractivity contribution in [2.24, 2.45) is 5.73 Å². The third-order valence-corrected chi connectivity index (χ3v) is 4.33. The van der Waals surface area contributed by atoms with Crippen LogP contribution in [0.1, 0.15) is 22.2 Å². The first-order valence-corrected chi connectivity index (χ1v) is 7.21. The third kappa shape index (κ3) is 2.53. The lowest BCUT2D eigenvalue weighted by atomic mass is 10.1. The van der Waals surface area contributed by atoms with Crippen LogP contribution in [0.15, 0.2) is 48.5 Å². The Kier molecular flexibility index (Phi) is 3.32. The summed E-state index contributed by atoms with van der Waals surface area (Å²) in [4.78, 5) is 4.72. The molecular weight excluding hydrogens is 252 g/mol. The van der Waals surface area contributed by atoms with Crippen molar-refractivity contribution in [3.63, 3.8) is 0 Å². The van der Waals surface area contributed by atoms with Gasteiger partial charge in [-0.1, -0.05) is 42.5 Å². The second-order valence-corrected chi connectivity index (χ2v) is 5.87. The van der Waals surface area contributed by atoms with Crippen LogP contribution in [0.4, 0.5) is 0 Å². The van der Waals surface area contributed by atoms with E-state index in [2.05, 4.69) is 37.3 Å². The van der Waals surface area contributed by atoms with Gasteiger partial charge < -0.3 is 5.73 Å². The number of nitrogens with zero attached hydrogens (tertiary/aromatic N) is 1. The minimum Gasteiger partial charge on any atom is -0.324 e. The molecule has 3 rings (SSSR count). The summed E-state index contributed by atoms with van der Waals surface area (Å²) in [5.74, 6) is 0. The zero-order chi connectivity index (χ0) is 13.2. The lowest BCUT2D eigenvalue weighted by Gasteiger charge is -2.09. The van der Waals surface area contributed by atoms with E-state index in [1.54, 1.807) is 11.3 Å². The number of para-hydroxylation sites is 1. The van der Waals surface area contributed by atoms with Gasteiger partial charge in [-0.25, -0.2) is 4.98 Å². The van der Waals surface area contributed by atoms with Crippen molar-refractivity contribution in [3.8, 4) is 0 Å². The Morgan fingerprint density at radius 2 is 1.89 bits per heavy atom. The molecule has 96 valence electrons. The molecule has 1 aromatic heterocycles. The summed E-state index contributed by atoms with van der Waals surface area (Å²) >= 11 is 1.74. The van der Waals surface area contributed by atoms with Gasteiger partial charge in [-0.05, 0) is 24.1 Å². The molecule has 2 nitrogen and oxygen atoms in total. The topological polar surface area (TPSA) is 38.9 Å². The fourth-order valence-electron chi connectivity index (χ4n) is 2.23. The fourth-order valence-corrected chi connectivity index (χ4v) is 3.33. The lowest BCUT2D eigenvalue weighted by Crippen LogP contribution is -2.12. The highest BCUT2D eigenvalue weighted by atomic mass is 32.1. The number of aryl methyl sites for hydroxylation is 1. The van der Waals surface area contributed by atoms with Gasteiger partial charge in [0.25, 0.3) is 0 Å². The minimum absolute atomic E-state index is 0.0158. The number of aromatic nitrogens is 1. The van der Waals surface area contributed by atoms with Crippen molar-refractivity contribution in [3.05, 3.63) is 64.7 Å². The number of hydrogen-bond donors (Lipinski definition) is 1. The summed E-state index contributed by atoms with van der Waals surface area (Å²) in [7, 11) is 0. The fraction of sp³-hybridized carbons (Fsp3) is 0.188. The Morgan fingerprint density at radius 3 is 2.63 bits per heavy atom. The van der Waals surface area contributed by atoms with E-state index in [0.29, 0.717) is 0 Å². The van der Waals surface area contributed by atoms with Crippen molar-refractivity contribution in [1.29, 1.82) is 0 Å². The number of nitrogens with two attached hydrogens (primary N) is 1. The normalized spacial score (nSPS) is 12.7. The number of fused-ring (bicyclic) bond motifs is 1. The van der Waals surface area contributed by atoms with Gasteiger partial charge in [-0.3, -0.25) is 0 Å². The third-order valence-electron chi connectivity index (χ3n) is 3.29. The Hall–Kier alpha value is -1.71. The summed E-state index contributed by atoms with van der Waals surface area (Å²) in [6.07, 6.45) is 0.794. The molecule has 0 saturated carbocycles. The first-order chi connectivity index (χ1) is 9.24. The van der Waals surface area contributed by atoms with Gasteiger partial charge in [-0.15, -0.1) is 11.3 Å². The predicted molar refractivity (Wildman–Crippen MR) is 81.4 cm³/mol. The summed E-state index contributed by atoms with van der Waals surface area (Å²) < 4.78 is 1.25. The quantitative estimate of drug-likeness (QED) is 0.783. The van der Waals surface area contributed by atoms with Crippen LogP contribution in [0.25, 0.3) is 10.2 Å². The maximum Gasteiger partial charge on any atom is 0.0957 e. The van der Waals surface area contributed by atoms with Gasteiger partial charge in [0.1, 0.15) is 0 Å². The zero-order valence-electron chi connectivity index (χ0n) is 10.8. The molecule has 2 aromatic carbocycles. The van der Waals surface area contributed by atoms with Crippen molar-refractivity contribution in [1.82, 2.24) is 4.98 Å². The van der Waals surface area contributed by atoms with Crippen LogP contribution < -0.4 is 5.73 Å². The van der Waals surface area contributed by atoms with Gasteiger partial charge in [0.15, 0.2) is 0 Å². The van der Waals surface area contributed by atoms with E-state index < -0.39 is 0 Å². The average molecular weight is 268 g/mol. The van der Waals surface area contributed by atoms with Crippen LogP contribution in [-0.4, -0.2) is 4.98 Å². The lowest BCUT2D eigenvalue weighted by molar-refractivity contribution is 0.719. The minimum atomic E-state index is 0.0158. The van der Waals surface area contributed by atoms with Crippen molar-refractivity contribution < 1.29 is 0 Å². The molecule has 1 unspecified atom stereocenters. The Bertz CT molecular complexity index is 688. The largest absolute Gasteiger partial charge is 0.324 e. The van der Waals surface area contributed by atoms with Gasteiger partial charge >= 0.3 is 0 Å². The molecule has 0 aliphatic rings. The molecule has 0 amide bonds. The standard InChI is InChI=1S/C16H16N2S/c1-11-6-5-9-14-16(11)18-15(19-14)10-13(17)12-7-3-2-4-8-12/h2-9,13H,10,17H2,1H3. The molecule has 3 heteroatoms. The van der Waals surface area contributed by atoms with Gasteiger partial charge in [-0.2, -0.15) is 0 Å². The second kappa shape index (κ2) is 5.11. The van der Waals surface area contributed by atoms with Crippen LogP contribution in [0.3, 0.4) is 0 Å². The maximum atomic E-state index is 6.25. The number of thiazole rings is 1. The second-order valence-electron chi connectivity index (χ2n) is 4.75. The number of hydrogen-bond acceptors (Lipinski definition) is 3. The smallest absolute Gasteiger partial charge is 0.0957 e. The van der Waals surface area contributed by atoms with Gasteiger partial charge in [0.2, 0.25) is 0 Å². The van der Waals surface area contributed by atoms with Crippen LogP contribution >= 0.6 is 11.3 Å². The first kappa shape index (κ1) is 12.3. The SMILES string of the molecule is Cc1cccc2sc(CC(N)c3ccccc3)nc12. The molecule has 0 aliphatic carbocycles. The van der Waals surface area contributed by atoms with E-state index in [1.165, 1.54) is 15.8 Å². The highest BCUT2D eigenvalue weighted by molar-refractivity contribution is 7.18. The van der Waals surface area contributed by atoms with Crippen molar-refractivity contribution >= 4 is 21.6 Å².